The van der Waals surface area contributed by atoms with Gasteiger partial charge in [0.25, 0.3) is 0 Å². The van der Waals surface area contributed by atoms with Crippen molar-refractivity contribution in [1.29, 1.82) is 0 Å². The van der Waals surface area contributed by atoms with Gasteiger partial charge < -0.3 is 5.32 Å². The molecule has 1 radical (unpaired) electrons. The Kier molecular flexibility index (Phi) is 4.24. The van der Waals surface area contributed by atoms with Gasteiger partial charge in [-0.05, 0) is 29.8 Å². The van der Waals surface area contributed by atoms with Crippen LogP contribution in [-0.4, -0.2) is 6.29 Å². The SMILES string of the molecule is O=[C]Cc1cccc(Nc2c(Cl)cccc2Cl)c1. The zero-order valence-corrected chi connectivity index (χ0v) is 10.9. The molecule has 2 aromatic rings. The van der Waals surface area contributed by atoms with Crippen molar-refractivity contribution >= 4 is 40.9 Å². The van der Waals surface area contributed by atoms with Crippen molar-refractivity contribution in [2.24, 2.45) is 0 Å². The number of anilines is 2. The minimum atomic E-state index is 0.270. The molecule has 0 saturated heterocycles. The Morgan fingerprint density at radius 1 is 1.06 bits per heavy atom. The van der Waals surface area contributed by atoms with Gasteiger partial charge in [-0.2, -0.15) is 0 Å². The van der Waals surface area contributed by atoms with E-state index in [4.69, 9.17) is 23.2 Å². The molecule has 2 aromatic carbocycles. The number of benzene rings is 2. The zero-order valence-electron chi connectivity index (χ0n) is 9.41. The largest absolute Gasteiger partial charge is 0.353 e. The fourth-order valence-electron chi connectivity index (χ4n) is 1.60. The highest BCUT2D eigenvalue weighted by Gasteiger charge is 2.05. The molecule has 4 heteroatoms. The highest BCUT2D eigenvalue weighted by Crippen LogP contribution is 2.32. The number of carbonyl (C=O) groups excluding carboxylic acids is 1. The quantitative estimate of drug-likeness (QED) is 0.899. The summed E-state index contributed by atoms with van der Waals surface area (Å²) in [5, 5.41) is 4.25. The highest BCUT2D eigenvalue weighted by molar-refractivity contribution is 6.39. The van der Waals surface area contributed by atoms with Gasteiger partial charge in [0, 0.05) is 12.1 Å². The lowest BCUT2D eigenvalue weighted by atomic mass is 10.1. The summed E-state index contributed by atoms with van der Waals surface area (Å²) in [5.41, 5.74) is 2.38. The van der Waals surface area contributed by atoms with E-state index in [9.17, 15) is 4.79 Å². The van der Waals surface area contributed by atoms with Crippen LogP contribution in [-0.2, 0) is 11.2 Å². The van der Waals surface area contributed by atoms with E-state index in [1.54, 1.807) is 18.2 Å². The zero-order chi connectivity index (χ0) is 13.0. The Labute approximate surface area is 116 Å². The molecular weight excluding hydrogens is 269 g/mol. The number of halogens is 2. The lowest BCUT2D eigenvalue weighted by Crippen LogP contribution is -1.94. The van der Waals surface area contributed by atoms with E-state index >= 15 is 0 Å². The number of rotatable bonds is 4. The third-order valence-corrected chi connectivity index (χ3v) is 3.07. The van der Waals surface area contributed by atoms with Crippen LogP contribution in [0.5, 0.6) is 0 Å². The van der Waals surface area contributed by atoms with Gasteiger partial charge in [0.2, 0.25) is 6.29 Å². The summed E-state index contributed by atoms with van der Waals surface area (Å²) in [7, 11) is 0. The van der Waals surface area contributed by atoms with Crippen LogP contribution in [0, 0.1) is 0 Å². The van der Waals surface area contributed by atoms with Gasteiger partial charge in [-0.3, -0.25) is 4.79 Å². The molecule has 0 atom stereocenters. The van der Waals surface area contributed by atoms with Gasteiger partial charge in [-0.1, -0.05) is 41.4 Å². The molecule has 0 bridgehead atoms. The monoisotopic (exact) mass is 278 g/mol. The number of hydrogen-bond donors (Lipinski definition) is 1. The molecule has 0 heterocycles. The fraction of sp³-hybridized carbons (Fsp3) is 0.0714. The molecule has 2 rings (SSSR count). The molecule has 0 amide bonds. The Balaban J connectivity index is 2.28. The highest BCUT2D eigenvalue weighted by atomic mass is 35.5. The third kappa shape index (κ3) is 3.03. The molecule has 0 aliphatic rings. The van der Waals surface area contributed by atoms with Crippen molar-refractivity contribution in [3.05, 3.63) is 58.1 Å². The second-order valence-corrected chi connectivity index (χ2v) is 4.56. The Morgan fingerprint density at radius 2 is 1.72 bits per heavy atom. The molecule has 91 valence electrons. The molecule has 0 saturated carbocycles. The van der Waals surface area contributed by atoms with Gasteiger partial charge >= 0.3 is 0 Å². The van der Waals surface area contributed by atoms with Crippen molar-refractivity contribution in [2.45, 2.75) is 6.42 Å². The first-order chi connectivity index (χ1) is 8.70. The first-order valence-corrected chi connectivity index (χ1v) is 6.11. The molecule has 0 aliphatic carbocycles. The van der Waals surface area contributed by atoms with Crippen LogP contribution >= 0.6 is 23.2 Å². The normalized spacial score (nSPS) is 10.1. The van der Waals surface area contributed by atoms with Crippen molar-refractivity contribution in [3.63, 3.8) is 0 Å². The molecule has 0 spiro atoms. The summed E-state index contributed by atoms with van der Waals surface area (Å²) >= 11 is 12.1. The molecule has 0 aliphatic heterocycles. The predicted octanol–water partition coefficient (Wildman–Crippen LogP) is 4.39. The molecule has 0 aromatic heterocycles. The Bertz CT molecular complexity index is 549. The summed E-state index contributed by atoms with van der Waals surface area (Å²) in [4.78, 5) is 10.4. The smallest absolute Gasteiger partial charge is 0.203 e. The summed E-state index contributed by atoms with van der Waals surface area (Å²) in [6.07, 6.45) is 2.14. The van der Waals surface area contributed by atoms with E-state index in [0.29, 0.717) is 15.7 Å². The Hall–Kier alpha value is -1.51. The summed E-state index contributed by atoms with van der Waals surface area (Å²) < 4.78 is 0. The summed E-state index contributed by atoms with van der Waals surface area (Å²) in [6, 6.07) is 12.8. The lowest BCUT2D eigenvalue weighted by molar-refractivity contribution is 0.555. The molecule has 2 nitrogen and oxygen atoms in total. The number of para-hydroxylation sites is 1. The van der Waals surface area contributed by atoms with Crippen molar-refractivity contribution < 1.29 is 4.79 Å². The van der Waals surface area contributed by atoms with E-state index in [2.05, 4.69) is 5.32 Å². The van der Waals surface area contributed by atoms with Crippen LogP contribution in [0.3, 0.4) is 0 Å². The topological polar surface area (TPSA) is 29.1 Å². The standard InChI is InChI=1S/C14H10Cl2NO/c15-12-5-2-6-13(16)14(12)17-11-4-1-3-10(9-11)7-8-18/h1-6,9,17H,7H2. The van der Waals surface area contributed by atoms with E-state index in [1.165, 1.54) is 0 Å². The molecule has 0 unspecified atom stereocenters. The lowest BCUT2D eigenvalue weighted by Gasteiger charge is -2.10. The molecular formula is C14H10Cl2NO. The van der Waals surface area contributed by atoms with Gasteiger partial charge in [0.05, 0.1) is 15.7 Å². The van der Waals surface area contributed by atoms with Crippen molar-refractivity contribution in [2.75, 3.05) is 5.32 Å². The van der Waals surface area contributed by atoms with Crippen molar-refractivity contribution in [3.8, 4) is 0 Å². The van der Waals surface area contributed by atoms with Crippen LogP contribution in [0.25, 0.3) is 0 Å². The first kappa shape index (κ1) is 12.9. The number of nitrogens with one attached hydrogen (secondary N) is 1. The van der Waals surface area contributed by atoms with Crippen LogP contribution in [0.1, 0.15) is 5.56 Å². The van der Waals surface area contributed by atoms with Crippen LogP contribution in [0.15, 0.2) is 42.5 Å². The van der Waals surface area contributed by atoms with Gasteiger partial charge in [0.15, 0.2) is 0 Å². The minimum Gasteiger partial charge on any atom is -0.353 e. The second kappa shape index (κ2) is 5.89. The molecule has 18 heavy (non-hydrogen) atoms. The Morgan fingerprint density at radius 3 is 2.39 bits per heavy atom. The van der Waals surface area contributed by atoms with Gasteiger partial charge in [-0.15, -0.1) is 0 Å². The van der Waals surface area contributed by atoms with Crippen LogP contribution < -0.4 is 5.32 Å². The number of hydrogen-bond acceptors (Lipinski definition) is 2. The fourth-order valence-corrected chi connectivity index (χ4v) is 2.10. The van der Waals surface area contributed by atoms with E-state index in [1.807, 2.05) is 30.6 Å². The summed E-state index contributed by atoms with van der Waals surface area (Å²) in [6.45, 7) is 0. The third-order valence-electron chi connectivity index (χ3n) is 2.44. The minimum absolute atomic E-state index is 0.270. The maximum atomic E-state index is 10.4. The van der Waals surface area contributed by atoms with E-state index in [0.717, 1.165) is 11.3 Å². The van der Waals surface area contributed by atoms with Gasteiger partial charge in [-0.25, -0.2) is 0 Å². The maximum Gasteiger partial charge on any atom is 0.203 e. The van der Waals surface area contributed by atoms with Crippen LogP contribution in [0.2, 0.25) is 10.0 Å². The van der Waals surface area contributed by atoms with Crippen molar-refractivity contribution in [1.82, 2.24) is 0 Å². The van der Waals surface area contributed by atoms with E-state index in [-0.39, 0.29) is 6.42 Å². The summed E-state index contributed by atoms with van der Waals surface area (Å²) in [5.74, 6) is 0. The first-order valence-electron chi connectivity index (χ1n) is 5.35. The van der Waals surface area contributed by atoms with E-state index < -0.39 is 0 Å². The molecule has 1 N–H and O–H groups in total. The molecule has 0 fully saturated rings. The average Bonchev–Trinajstić information content (AvgIpc) is 2.35. The van der Waals surface area contributed by atoms with Crippen LogP contribution in [0.4, 0.5) is 11.4 Å². The van der Waals surface area contributed by atoms with Gasteiger partial charge in [0.1, 0.15) is 0 Å². The second-order valence-electron chi connectivity index (χ2n) is 3.74. The predicted molar refractivity (Wildman–Crippen MR) is 75.6 cm³/mol. The maximum absolute atomic E-state index is 10.4. The average molecular weight is 279 g/mol.